The van der Waals surface area contributed by atoms with Crippen LogP contribution in [0, 0.1) is 0 Å². The van der Waals surface area contributed by atoms with Gasteiger partial charge >= 0.3 is 5.97 Å². The van der Waals surface area contributed by atoms with Gasteiger partial charge in [0.05, 0.1) is 26.9 Å². The third-order valence-electron chi connectivity index (χ3n) is 3.20. The molecule has 0 bridgehead atoms. The average Bonchev–Trinajstić information content (AvgIpc) is 3.06. The van der Waals surface area contributed by atoms with Crippen molar-refractivity contribution in [2.75, 3.05) is 6.61 Å². The van der Waals surface area contributed by atoms with Gasteiger partial charge in [0.2, 0.25) is 0 Å². The molecule has 0 spiro atoms. The molecule has 3 rings (SSSR count). The molecule has 3 aromatic rings. The summed E-state index contributed by atoms with van der Waals surface area (Å²) in [6.45, 7) is 2.58. The number of rotatable bonds is 4. The Bertz CT molecular complexity index is 841. The summed E-state index contributed by atoms with van der Waals surface area (Å²) in [5, 5.41) is 0.987. The van der Waals surface area contributed by atoms with E-state index in [2.05, 4.69) is 4.98 Å². The largest absolute Gasteiger partial charge is 0.461 e. The maximum Gasteiger partial charge on any atom is 0.355 e. The van der Waals surface area contributed by atoms with Crippen LogP contribution in [0.5, 0.6) is 0 Å². The number of thiazole rings is 1. The van der Waals surface area contributed by atoms with Gasteiger partial charge in [-0.2, -0.15) is 0 Å². The summed E-state index contributed by atoms with van der Waals surface area (Å²) in [6, 6.07) is 7.21. The highest BCUT2D eigenvalue weighted by atomic mass is 35.5. The second-order valence-corrected chi connectivity index (χ2v) is 6.33. The topological polar surface area (TPSA) is 44.1 Å². The van der Waals surface area contributed by atoms with E-state index < -0.39 is 0 Å². The highest BCUT2D eigenvalue weighted by Crippen LogP contribution is 2.27. The molecule has 2 aromatic heterocycles. The third-order valence-corrected chi connectivity index (χ3v) is 4.70. The Morgan fingerprint density at radius 1 is 1.32 bits per heavy atom. The van der Waals surface area contributed by atoms with Crippen molar-refractivity contribution in [2.45, 2.75) is 13.5 Å². The fourth-order valence-corrected chi connectivity index (χ4v) is 3.26. The van der Waals surface area contributed by atoms with Gasteiger partial charge in [-0.3, -0.25) is 0 Å². The molecule has 2 heterocycles. The minimum absolute atomic E-state index is 0.331. The average molecular weight is 355 g/mol. The van der Waals surface area contributed by atoms with Gasteiger partial charge < -0.3 is 9.30 Å². The number of halogens is 2. The van der Waals surface area contributed by atoms with Crippen LogP contribution in [-0.2, 0) is 11.3 Å². The number of fused-ring (bicyclic) bond motifs is 1. The molecule has 1 aromatic carbocycles. The van der Waals surface area contributed by atoms with Crippen LogP contribution in [0.1, 0.15) is 23.0 Å². The lowest BCUT2D eigenvalue weighted by Gasteiger charge is -2.10. The normalized spacial score (nSPS) is 11.0. The predicted molar refractivity (Wildman–Crippen MR) is 89.1 cm³/mol. The van der Waals surface area contributed by atoms with Crippen molar-refractivity contribution in [1.82, 2.24) is 9.55 Å². The number of carbonyl (C=O) groups is 1. The van der Waals surface area contributed by atoms with Gasteiger partial charge in [-0.25, -0.2) is 9.78 Å². The summed E-state index contributed by atoms with van der Waals surface area (Å²) in [4.78, 5) is 16.5. The van der Waals surface area contributed by atoms with E-state index in [0.29, 0.717) is 28.9 Å². The summed E-state index contributed by atoms with van der Waals surface area (Å²) in [7, 11) is 0. The highest BCUT2D eigenvalue weighted by Gasteiger charge is 2.18. The van der Waals surface area contributed by atoms with Crippen LogP contribution in [0.3, 0.4) is 0 Å². The lowest BCUT2D eigenvalue weighted by Crippen LogP contribution is -2.13. The van der Waals surface area contributed by atoms with Crippen molar-refractivity contribution >= 4 is 50.9 Å². The Morgan fingerprint density at radius 2 is 2.14 bits per heavy atom. The maximum absolute atomic E-state index is 12.1. The molecule has 0 aliphatic rings. The van der Waals surface area contributed by atoms with Gasteiger partial charge in [0.15, 0.2) is 5.65 Å². The van der Waals surface area contributed by atoms with Crippen LogP contribution in [0.25, 0.3) is 10.3 Å². The van der Waals surface area contributed by atoms with Crippen LogP contribution in [0.15, 0.2) is 29.8 Å². The molecule has 0 aliphatic carbocycles. The zero-order valence-electron chi connectivity index (χ0n) is 11.7. The van der Waals surface area contributed by atoms with Gasteiger partial charge in [-0.1, -0.05) is 29.3 Å². The van der Waals surface area contributed by atoms with E-state index in [0.717, 1.165) is 15.9 Å². The molecule has 0 amide bonds. The Kier molecular flexibility index (Phi) is 4.38. The van der Waals surface area contributed by atoms with Gasteiger partial charge in [0.1, 0.15) is 5.69 Å². The van der Waals surface area contributed by atoms with Crippen LogP contribution >= 0.6 is 34.5 Å². The predicted octanol–water partition coefficient (Wildman–Crippen LogP) is 4.63. The molecule has 0 radical (unpaired) electrons. The number of esters is 1. The molecule has 0 fully saturated rings. The summed E-state index contributed by atoms with van der Waals surface area (Å²) in [6.07, 6.45) is 0. The van der Waals surface area contributed by atoms with Crippen LogP contribution < -0.4 is 0 Å². The first-order valence-corrected chi connectivity index (χ1v) is 8.27. The molecule has 0 unspecified atom stereocenters. The number of hydrogen-bond acceptors (Lipinski definition) is 4. The molecule has 114 valence electrons. The summed E-state index contributed by atoms with van der Waals surface area (Å²) in [5.74, 6) is -0.354. The second kappa shape index (κ2) is 6.28. The maximum atomic E-state index is 12.1. The molecule has 0 saturated heterocycles. The van der Waals surface area contributed by atoms with E-state index in [-0.39, 0.29) is 5.97 Å². The minimum atomic E-state index is -0.354. The van der Waals surface area contributed by atoms with Crippen molar-refractivity contribution in [1.29, 1.82) is 0 Å². The Hall–Kier alpha value is -1.56. The van der Waals surface area contributed by atoms with E-state index in [4.69, 9.17) is 27.9 Å². The van der Waals surface area contributed by atoms with E-state index in [1.54, 1.807) is 24.6 Å². The lowest BCUT2D eigenvalue weighted by molar-refractivity contribution is 0.0515. The summed E-state index contributed by atoms with van der Waals surface area (Å²) in [5.41, 5.74) is 3.94. The lowest BCUT2D eigenvalue weighted by atomic mass is 10.2. The van der Waals surface area contributed by atoms with Crippen LogP contribution in [0.4, 0.5) is 0 Å². The Morgan fingerprint density at radius 3 is 2.86 bits per heavy atom. The Balaban J connectivity index is 2.03. The molecule has 4 nitrogen and oxygen atoms in total. The van der Waals surface area contributed by atoms with Crippen molar-refractivity contribution in [3.8, 4) is 0 Å². The molecule has 0 atom stereocenters. The number of nitrogens with zero attached hydrogens (tertiary/aromatic N) is 2. The standard InChI is InChI=1S/C15H12Cl2N2O2S/c1-2-21-15(20)12-6-13-14(18-8-22-13)19(12)7-9-3-4-10(16)11(17)5-9/h3-6,8H,2,7H2,1H3. The molecule has 0 saturated carbocycles. The molecule has 0 N–H and O–H groups in total. The molecular weight excluding hydrogens is 343 g/mol. The third kappa shape index (κ3) is 2.84. The fraction of sp³-hybridized carbons (Fsp3) is 0.200. The molecule has 7 heteroatoms. The first-order valence-electron chi connectivity index (χ1n) is 6.64. The van der Waals surface area contributed by atoms with Crippen molar-refractivity contribution in [2.24, 2.45) is 0 Å². The van der Waals surface area contributed by atoms with Crippen molar-refractivity contribution < 1.29 is 9.53 Å². The summed E-state index contributed by atoms with van der Waals surface area (Å²) >= 11 is 13.5. The number of benzene rings is 1. The number of carbonyl (C=O) groups excluding carboxylic acids is 1. The fourth-order valence-electron chi connectivity index (χ4n) is 2.22. The highest BCUT2D eigenvalue weighted by molar-refractivity contribution is 7.16. The zero-order valence-corrected chi connectivity index (χ0v) is 14.0. The molecule has 0 aliphatic heterocycles. The first kappa shape index (κ1) is 15.3. The van der Waals surface area contributed by atoms with Crippen LogP contribution in [-0.4, -0.2) is 22.1 Å². The SMILES string of the molecule is CCOC(=O)c1cc2scnc2n1Cc1ccc(Cl)c(Cl)c1. The number of aromatic nitrogens is 2. The van der Waals surface area contributed by atoms with Gasteiger partial charge in [-0.05, 0) is 30.7 Å². The van der Waals surface area contributed by atoms with Gasteiger partial charge in [0.25, 0.3) is 0 Å². The zero-order chi connectivity index (χ0) is 15.7. The van der Waals surface area contributed by atoms with Crippen LogP contribution in [0.2, 0.25) is 10.0 Å². The Labute approximate surface area is 141 Å². The van der Waals surface area contributed by atoms with Crippen molar-refractivity contribution in [3.63, 3.8) is 0 Å². The van der Waals surface area contributed by atoms with Gasteiger partial charge in [-0.15, -0.1) is 11.3 Å². The molecule has 22 heavy (non-hydrogen) atoms. The monoisotopic (exact) mass is 354 g/mol. The van der Waals surface area contributed by atoms with E-state index in [1.165, 1.54) is 11.3 Å². The van der Waals surface area contributed by atoms with E-state index in [1.807, 2.05) is 16.7 Å². The number of ether oxygens (including phenoxy) is 1. The quantitative estimate of drug-likeness (QED) is 0.641. The number of hydrogen-bond donors (Lipinski definition) is 0. The second-order valence-electron chi connectivity index (χ2n) is 4.62. The van der Waals surface area contributed by atoms with E-state index in [9.17, 15) is 4.79 Å². The summed E-state index contributed by atoms with van der Waals surface area (Å²) < 4.78 is 7.90. The minimum Gasteiger partial charge on any atom is -0.461 e. The van der Waals surface area contributed by atoms with Crippen molar-refractivity contribution in [3.05, 3.63) is 51.1 Å². The van der Waals surface area contributed by atoms with Gasteiger partial charge in [0, 0.05) is 6.54 Å². The first-order chi connectivity index (χ1) is 10.6. The van der Waals surface area contributed by atoms with E-state index >= 15 is 0 Å². The smallest absolute Gasteiger partial charge is 0.355 e. The molecular formula is C15H12Cl2N2O2S.